The summed E-state index contributed by atoms with van der Waals surface area (Å²) in [5.74, 6) is 1.60. The molecule has 0 radical (unpaired) electrons. The highest BCUT2D eigenvalue weighted by Gasteiger charge is 2.38. The summed E-state index contributed by atoms with van der Waals surface area (Å²) < 4.78 is 0. The van der Waals surface area contributed by atoms with E-state index in [1.807, 2.05) is 4.90 Å². The van der Waals surface area contributed by atoms with Crippen LogP contribution < -0.4 is 0 Å². The first-order chi connectivity index (χ1) is 7.86. The van der Waals surface area contributed by atoms with E-state index in [4.69, 9.17) is 0 Å². The van der Waals surface area contributed by atoms with E-state index in [-0.39, 0.29) is 0 Å². The summed E-state index contributed by atoms with van der Waals surface area (Å²) in [5, 5.41) is 0. The minimum atomic E-state index is 0.313. The highest BCUT2D eigenvalue weighted by atomic mass is 16.2. The number of aliphatic imine (C=N–C) groups is 1. The van der Waals surface area contributed by atoms with Crippen molar-refractivity contribution in [1.29, 1.82) is 0 Å². The van der Waals surface area contributed by atoms with Gasteiger partial charge in [-0.1, -0.05) is 0 Å². The second-order valence-electron chi connectivity index (χ2n) is 4.99. The molecule has 0 atom stereocenters. The quantitative estimate of drug-likeness (QED) is 0.664. The van der Waals surface area contributed by atoms with E-state index in [1.165, 1.54) is 19.3 Å². The number of hydrogen-bond donors (Lipinski definition) is 0. The lowest BCUT2D eigenvalue weighted by molar-refractivity contribution is -0.128. The second-order valence-corrected chi connectivity index (χ2v) is 4.99. The van der Waals surface area contributed by atoms with Gasteiger partial charge in [0.2, 0.25) is 11.9 Å². The summed E-state index contributed by atoms with van der Waals surface area (Å²) in [6.45, 7) is 3.76. The molecule has 3 aliphatic rings. The van der Waals surface area contributed by atoms with Gasteiger partial charge in [-0.25, -0.2) is 0 Å². The maximum atomic E-state index is 12.1. The highest BCUT2D eigenvalue weighted by Crippen LogP contribution is 2.32. The molecule has 1 saturated carbocycles. The highest BCUT2D eigenvalue weighted by molar-refractivity contribution is 5.99. The Balaban J connectivity index is 1.69. The summed E-state index contributed by atoms with van der Waals surface area (Å²) in [4.78, 5) is 20.8. The molecule has 2 aliphatic heterocycles. The van der Waals surface area contributed by atoms with Crippen molar-refractivity contribution in [2.75, 3.05) is 26.2 Å². The Morgan fingerprint density at radius 2 is 1.88 bits per heavy atom. The number of hydrogen-bond acceptors (Lipinski definition) is 3. The van der Waals surface area contributed by atoms with Crippen molar-refractivity contribution < 1.29 is 4.79 Å². The van der Waals surface area contributed by atoms with Gasteiger partial charge in [0.25, 0.3) is 0 Å². The van der Waals surface area contributed by atoms with Gasteiger partial charge in [-0.05, 0) is 32.1 Å². The Hall–Kier alpha value is -1.06. The van der Waals surface area contributed by atoms with Gasteiger partial charge >= 0.3 is 0 Å². The van der Waals surface area contributed by atoms with E-state index in [2.05, 4.69) is 9.89 Å². The number of amides is 1. The first-order valence-corrected chi connectivity index (χ1v) is 6.47. The van der Waals surface area contributed by atoms with Gasteiger partial charge in [0.05, 0.1) is 6.54 Å². The Morgan fingerprint density at radius 3 is 2.56 bits per heavy atom. The fraction of sp³-hybridized carbons (Fsp3) is 0.833. The molecule has 0 N–H and O–H groups in total. The van der Waals surface area contributed by atoms with Gasteiger partial charge in [0, 0.05) is 25.6 Å². The monoisotopic (exact) mass is 221 g/mol. The van der Waals surface area contributed by atoms with E-state index in [0.29, 0.717) is 11.8 Å². The van der Waals surface area contributed by atoms with Crippen LogP contribution in [0.2, 0.25) is 0 Å². The van der Waals surface area contributed by atoms with Crippen molar-refractivity contribution in [3.05, 3.63) is 0 Å². The molecule has 1 aliphatic carbocycles. The van der Waals surface area contributed by atoms with E-state index in [9.17, 15) is 4.79 Å². The van der Waals surface area contributed by atoms with Gasteiger partial charge in [0.1, 0.15) is 0 Å². The number of piperidine rings is 1. The molecule has 0 spiro atoms. The minimum absolute atomic E-state index is 0.313. The molecule has 2 heterocycles. The molecule has 4 nitrogen and oxygen atoms in total. The number of carbonyl (C=O) groups excluding carboxylic acids is 1. The number of rotatable bonds is 1. The molecule has 1 saturated heterocycles. The third kappa shape index (κ3) is 1.81. The fourth-order valence-corrected chi connectivity index (χ4v) is 2.56. The normalized spacial score (nSPS) is 25.9. The lowest BCUT2D eigenvalue weighted by Gasteiger charge is -2.32. The standard InChI is InChI=1S/C12H19N3O/c16-11(10-4-5-10)15-9-6-13-12(15)14-7-2-1-3-8-14/h10H,1-9H2. The number of likely N-dealkylation sites (tertiary alicyclic amines) is 1. The van der Waals surface area contributed by atoms with Crippen LogP contribution >= 0.6 is 0 Å². The van der Waals surface area contributed by atoms with Crippen molar-refractivity contribution in [2.45, 2.75) is 32.1 Å². The summed E-state index contributed by atoms with van der Waals surface area (Å²) in [7, 11) is 0. The average Bonchev–Trinajstić information content (AvgIpc) is 3.06. The molecular weight excluding hydrogens is 202 g/mol. The van der Waals surface area contributed by atoms with Crippen LogP contribution in [-0.4, -0.2) is 47.8 Å². The Labute approximate surface area is 96.3 Å². The zero-order chi connectivity index (χ0) is 11.0. The van der Waals surface area contributed by atoms with Crippen LogP contribution in [0.4, 0.5) is 0 Å². The van der Waals surface area contributed by atoms with Gasteiger partial charge in [-0.2, -0.15) is 0 Å². The molecule has 0 aromatic heterocycles. The predicted molar refractivity (Wildman–Crippen MR) is 62.2 cm³/mol. The molecule has 0 aromatic rings. The van der Waals surface area contributed by atoms with E-state index in [1.54, 1.807) is 0 Å². The molecule has 3 rings (SSSR count). The SMILES string of the molecule is O=C(C1CC1)N1CCN=C1N1CCCCC1. The summed E-state index contributed by atoms with van der Waals surface area (Å²) in [5.41, 5.74) is 0. The van der Waals surface area contributed by atoms with E-state index >= 15 is 0 Å². The third-order valence-electron chi connectivity index (χ3n) is 3.65. The molecule has 4 heteroatoms. The molecule has 16 heavy (non-hydrogen) atoms. The lowest BCUT2D eigenvalue weighted by atomic mass is 10.1. The van der Waals surface area contributed by atoms with Crippen LogP contribution in [0.1, 0.15) is 32.1 Å². The number of guanidine groups is 1. The lowest BCUT2D eigenvalue weighted by Crippen LogP contribution is -2.47. The zero-order valence-electron chi connectivity index (χ0n) is 9.69. The summed E-state index contributed by atoms with van der Waals surface area (Å²) >= 11 is 0. The maximum absolute atomic E-state index is 12.1. The average molecular weight is 221 g/mol. The van der Waals surface area contributed by atoms with Gasteiger partial charge in [-0.3, -0.25) is 14.7 Å². The first kappa shape index (κ1) is 10.1. The minimum Gasteiger partial charge on any atom is -0.342 e. The fourth-order valence-electron chi connectivity index (χ4n) is 2.56. The van der Waals surface area contributed by atoms with Crippen molar-refractivity contribution in [1.82, 2.24) is 9.80 Å². The molecule has 88 valence electrons. The zero-order valence-corrected chi connectivity index (χ0v) is 9.69. The molecule has 1 amide bonds. The Bertz CT molecular complexity index is 316. The topological polar surface area (TPSA) is 35.9 Å². The van der Waals surface area contributed by atoms with Crippen molar-refractivity contribution in [2.24, 2.45) is 10.9 Å². The van der Waals surface area contributed by atoms with Crippen LogP contribution in [0.3, 0.4) is 0 Å². The predicted octanol–water partition coefficient (Wildman–Crippen LogP) is 1.08. The summed E-state index contributed by atoms with van der Waals surface area (Å²) in [6.07, 6.45) is 5.97. The van der Waals surface area contributed by atoms with Crippen molar-refractivity contribution >= 4 is 11.9 Å². The van der Waals surface area contributed by atoms with Gasteiger partial charge in [-0.15, -0.1) is 0 Å². The molecular formula is C12H19N3O. The smallest absolute Gasteiger partial charge is 0.232 e. The third-order valence-corrected chi connectivity index (χ3v) is 3.65. The molecule has 2 fully saturated rings. The van der Waals surface area contributed by atoms with Gasteiger partial charge < -0.3 is 4.90 Å². The van der Waals surface area contributed by atoms with Crippen LogP contribution in [0.5, 0.6) is 0 Å². The number of carbonyl (C=O) groups is 1. The molecule has 0 unspecified atom stereocenters. The largest absolute Gasteiger partial charge is 0.342 e. The van der Waals surface area contributed by atoms with Crippen molar-refractivity contribution in [3.63, 3.8) is 0 Å². The molecule has 0 bridgehead atoms. The van der Waals surface area contributed by atoms with Crippen LogP contribution in [0.25, 0.3) is 0 Å². The van der Waals surface area contributed by atoms with Crippen LogP contribution in [0, 0.1) is 5.92 Å². The van der Waals surface area contributed by atoms with Crippen LogP contribution in [-0.2, 0) is 4.79 Å². The van der Waals surface area contributed by atoms with E-state index in [0.717, 1.165) is 45.0 Å². The Morgan fingerprint density at radius 1 is 1.12 bits per heavy atom. The van der Waals surface area contributed by atoms with Gasteiger partial charge in [0.15, 0.2) is 0 Å². The number of nitrogens with zero attached hydrogens (tertiary/aromatic N) is 3. The van der Waals surface area contributed by atoms with Crippen LogP contribution in [0.15, 0.2) is 4.99 Å². The van der Waals surface area contributed by atoms with Crippen molar-refractivity contribution in [3.8, 4) is 0 Å². The summed E-state index contributed by atoms with van der Waals surface area (Å²) in [6, 6.07) is 0. The van der Waals surface area contributed by atoms with E-state index < -0.39 is 0 Å². The second kappa shape index (κ2) is 4.07. The Kier molecular flexibility index (Phi) is 2.58. The molecule has 0 aromatic carbocycles. The maximum Gasteiger partial charge on any atom is 0.232 e. The first-order valence-electron chi connectivity index (χ1n) is 6.47.